The van der Waals surface area contributed by atoms with Crippen molar-refractivity contribution in [2.24, 2.45) is 0 Å². The second-order valence-corrected chi connectivity index (χ2v) is 8.31. The van der Waals surface area contributed by atoms with E-state index in [-0.39, 0.29) is 11.4 Å². The van der Waals surface area contributed by atoms with Gasteiger partial charge in [-0.1, -0.05) is 0 Å². The van der Waals surface area contributed by atoms with Crippen molar-refractivity contribution in [1.29, 1.82) is 0 Å². The molecule has 134 valence electrons. The van der Waals surface area contributed by atoms with Crippen LogP contribution in [0.1, 0.15) is 24.8 Å². The average molecular weight is 359 g/mol. The number of hydrogen-bond donors (Lipinski definition) is 0. The fourth-order valence-electron chi connectivity index (χ4n) is 4.12. The number of piperazine rings is 1. The summed E-state index contributed by atoms with van der Waals surface area (Å²) in [5.41, 5.74) is 2.33. The van der Waals surface area contributed by atoms with E-state index in [2.05, 4.69) is 39.1 Å². The zero-order valence-corrected chi connectivity index (χ0v) is 16.0. The SMILES string of the molecule is Cc1csc2c(N3CCN(C)[C@@]4(CCC(=O)N(C)CC4)C3)ncnc12. The van der Waals surface area contributed by atoms with E-state index in [1.54, 1.807) is 17.7 Å². The molecule has 0 saturated carbocycles. The first-order chi connectivity index (χ1) is 12.0. The van der Waals surface area contributed by atoms with Gasteiger partial charge in [0.1, 0.15) is 12.1 Å². The molecule has 2 aromatic rings. The second-order valence-electron chi connectivity index (χ2n) is 7.43. The van der Waals surface area contributed by atoms with Crippen LogP contribution in [0.3, 0.4) is 0 Å². The van der Waals surface area contributed by atoms with E-state index in [1.165, 1.54) is 10.3 Å². The molecule has 0 N–H and O–H groups in total. The minimum atomic E-state index is 0.0439. The molecular formula is C18H25N5OS. The minimum absolute atomic E-state index is 0.0439. The Kier molecular flexibility index (Phi) is 4.16. The molecule has 2 aliphatic heterocycles. The molecule has 25 heavy (non-hydrogen) atoms. The first kappa shape index (κ1) is 16.7. The highest BCUT2D eigenvalue weighted by Gasteiger charge is 2.42. The zero-order chi connectivity index (χ0) is 17.6. The molecule has 2 aliphatic rings. The van der Waals surface area contributed by atoms with Crippen LogP contribution in [0.2, 0.25) is 0 Å². The maximum absolute atomic E-state index is 12.2. The van der Waals surface area contributed by atoms with E-state index in [4.69, 9.17) is 0 Å². The molecule has 1 spiro atoms. The van der Waals surface area contributed by atoms with E-state index in [1.807, 2.05) is 11.9 Å². The molecule has 0 unspecified atom stereocenters. The summed E-state index contributed by atoms with van der Waals surface area (Å²) < 4.78 is 1.18. The molecule has 1 amide bonds. The predicted octanol–water partition coefficient (Wildman–Crippen LogP) is 2.13. The molecule has 1 atom stereocenters. The molecule has 0 aliphatic carbocycles. The number of amides is 1. The molecule has 2 aromatic heterocycles. The van der Waals surface area contributed by atoms with Crippen LogP contribution in [0.25, 0.3) is 10.2 Å². The van der Waals surface area contributed by atoms with Crippen LogP contribution in [0.5, 0.6) is 0 Å². The normalized spacial score (nSPS) is 25.8. The zero-order valence-electron chi connectivity index (χ0n) is 15.2. The van der Waals surface area contributed by atoms with Gasteiger partial charge < -0.3 is 9.80 Å². The standard InChI is InChI=1S/C18H25N5OS/c1-13-10-25-16-15(13)19-12-20-17(16)23-9-8-22(3)18(11-23)5-4-14(24)21(2)7-6-18/h10,12H,4-9,11H2,1-3H3/t18-/m1/s1. The Morgan fingerprint density at radius 3 is 2.84 bits per heavy atom. The molecule has 2 fully saturated rings. The van der Waals surface area contributed by atoms with Gasteiger partial charge in [-0.05, 0) is 37.8 Å². The van der Waals surface area contributed by atoms with E-state index in [9.17, 15) is 4.79 Å². The predicted molar refractivity (Wildman–Crippen MR) is 101 cm³/mol. The Balaban J connectivity index is 1.67. The molecule has 4 heterocycles. The van der Waals surface area contributed by atoms with Gasteiger partial charge in [0.25, 0.3) is 0 Å². The maximum Gasteiger partial charge on any atom is 0.222 e. The topological polar surface area (TPSA) is 52.6 Å². The molecule has 6 nitrogen and oxygen atoms in total. The number of anilines is 1. The number of aromatic nitrogens is 2. The van der Waals surface area contributed by atoms with E-state index < -0.39 is 0 Å². The lowest BCUT2D eigenvalue weighted by atomic mass is 9.86. The molecule has 2 saturated heterocycles. The Morgan fingerprint density at radius 2 is 2.00 bits per heavy atom. The Bertz CT molecular complexity index is 806. The second kappa shape index (κ2) is 6.21. The summed E-state index contributed by atoms with van der Waals surface area (Å²) in [6.45, 7) is 5.81. The average Bonchev–Trinajstić information content (AvgIpc) is 2.94. The largest absolute Gasteiger partial charge is 0.352 e. The monoisotopic (exact) mass is 359 g/mol. The number of hydrogen-bond acceptors (Lipinski definition) is 6. The first-order valence-electron chi connectivity index (χ1n) is 8.89. The lowest BCUT2D eigenvalue weighted by molar-refractivity contribution is -0.129. The van der Waals surface area contributed by atoms with Gasteiger partial charge in [-0.15, -0.1) is 11.3 Å². The van der Waals surface area contributed by atoms with Crippen LogP contribution in [-0.4, -0.2) is 71.5 Å². The van der Waals surface area contributed by atoms with Crippen molar-refractivity contribution in [3.05, 3.63) is 17.3 Å². The van der Waals surface area contributed by atoms with Gasteiger partial charge in [0.05, 0.1) is 10.2 Å². The quantitative estimate of drug-likeness (QED) is 0.781. The number of rotatable bonds is 1. The van der Waals surface area contributed by atoms with Gasteiger partial charge in [-0.2, -0.15) is 0 Å². The third-order valence-electron chi connectivity index (χ3n) is 5.95. The summed E-state index contributed by atoms with van der Waals surface area (Å²) in [5, 5.41) is 2.16. The Hall–Kier alpha value is -1.73. The summed E-state index contributed by atoms with van der Waals surface area (Å²) in [4.78, 5) is 28.0. The smallest absolute Gasteiger partial charge is 0.222 e. The van der Waals surface area contributed by atoms with Crippen LogP contribution >= 0.6 is 11.3 Å². The number of likely N-dealkylation sites (tertiary alicyclic amines) is 1. The number of carbonyl (C=O) groups excluding carboxylic acids is 1. The number of aryl methyl sites for hydroxylation is 1. The lowest BCUT2D eigenvalue weighted by Gasteiger charge is -2.49. The molecular weight excluding hydrogens is 334 g/mol. The van der Waals surface area contributed by atoms with Gasteiger partial charge in [0, 0.05) is 45.2 Å². The van der Waals surface area contributed by atoms with E-state index >= 15 is 0 Å². The summed E-state index contributed by atoms with van der Waals surface area (Å²) in [6, 6.07) is 0. The lowest BCUT2D eigenvalue weighted by Crippen LogP contribution is -2.61. The van der Waals surface area contributed by atoms with Crippen molar-refractivity contribution in [3.63, 3.8) is 0 Å². The molecule has 4 rings (SSSR count). The number of likely N-dealkylation sites (N-methyl/N-ethyl adjacent to an activating group) is 1. The number of thiophene rings is 1. The van der Waals surface area contributed by atoms with E-state index in [0.29, 0.717) is 6.42 Å². The molecule has 7 heteroatoms. The highest BCUT2D eigenvalue weighted by atomic mass is 32.1. The Morgan fingerprint density at radius 1 is 1.16 bits per heavy atom. The highest BCUT2D eigenvalue weighted by Crippen LogP contribution is 2.36. The molecule has 0 radical (unpaired) electrons. The van der Waals surface area contributed by atoms with Crippen LogP contribution in [0, 0.1) is 6.92 Å². The van der Waals surface area contributed by atoms with Gasteiger partial charge in [0.15, 0.2) is 0 Å². The maximum atomic E-state index is 12.2. The van der Waals surface area contributed by atoms with Crippen LogP contribution in [0.4, 0.5) is 5.82 Å². The van der Waals surface area contributed by atoms with Crippen LogP contribution < -0.4 is 4.90 Å². The summed E-state index contributed by atoms with van der Waals surface area (Å²) in [5.74, 6) is 1.32. The van der Waals surface area contributed by atoms with Gasteiger partial charge in [-0.25, -0.2) is 9.97 Å². The first-order valence-corrected chi connectivity index (χ1v) is 9.77. The van der Waals surface area contributed by atoms with Crippen molar-refractivity contribution in [3.8, 4) is 0 Å². The highest BCUT2D eigenvalue weighted by molar-refractivity contribution is 7.18. The Labute approximate surface area is 152 Å². The number of carbonyl (C=O) groups is 1. The van der Waals surface area contributed by atoms with Crippen molar-refractivity contribution in [2.45, 2.75) is 31.7 Å². The number of nitrogens with zero attached hydrogens (tertiary/aromatic N) is 5. The fraction of sp³-hybridized carbons (Fsp3) is 0.611. The van der Waals surface area contributed by atoms with Crippen molar-refractivity contribution < 1.29 is 4.79 Å². The summed E-state index contributed by atoms with van der Waals surface area (Å²) in [7, 11) is 4.13. The van der Waals surface area contributed by atoms with Crippen LogP contribution in [-0.2, 0) is 4.79 Å². The van der Waals surface area contributed by atoms with Gasteiger partial charge in [0.2, 0.25) is 5.91 Å². The fourth-order valence-corrected chi connectivity index (χ4v) is 5.14. The minimum Gasteiger partial charge on any atom is -0.352 e. The summed E-state index contributed by atoms with van der Waals surface area (Å²) in [6.07, 6.45) is 4.25. The van der Waals surface area contributed by atoms with Crippen molar-refractivity contribution in [1.82, 2.24) is 19.8 Å². The van der Waals surface area contributed by atoms with Crippen LogP contribution in [0.15, 0.2) is 11.7 Å². The third kappa shape index (κ3) is 2.79. The summed E-state index contributed by atoms with van der Waals surface area (Å²) >= 11 is 1.73. The van der Waals surface area contributed by atoms with Gasteiger partial charge in [-0.3, -0.25) is 9.69 Å². The van der Waals surface area contributed by atoms with Crippen molar-refractivity contribution >= 4 is 33.3 Å². The molecule has 0 bridgehead atoms. The molecule has 0 aromatic carbocycles. The third-order valence-corrected chi connectivity index (χ3v) is 7.04. The number of fused-ring (bicyclic) bond motifs is 1. The van der Waals surface area contributed by atoms with E-state index in [0.717, 1.165) is 50.4 Å². The van der Waals surface area contributed by atoms with Gasteiger partial charge >= 0.3 is 0 Å². The van der Waals surface area contributed by atoms with Crippen molar-refractivity contribution in [2.75, 3.05) is 45.2 Å².